The minimum atomic E-state index is -0.566. The number of nitro benzene ring substituents is 1. The lowest BCUT2D eigenvalue weighted by atomic mass is 10.2. The molecule has 21 heavy (non-hydrogen) atoms. The summed E-state index contributed by atoms with van der Waals surface area (Å²) in [5.74, 6) is -0.432. The Balaban J connectivity index is 2.25. The second kappa shape index (κ2) is 6.07. The van der Waals surface area contributed by atoms with Crippen molar-refractivity contribution < 1.29 is 9.72 Å². The van der Waals surface area contributed by atoms with E-state index in [1.165, 1.54) is 24.3 Å². The Kier molecular flexibility index (Phi) is 4.40. The molecule has 0 saturated carbocycles. The maximum atomic E-state index is 12.1. The van der Waals surface area contributed by atoms with E-state index in [1.807, 2.05) is 0 Å². The van der Waals surface area contributed by atoms with Crippen LogP contribution in [0.15, 0.2) is 30.3 Å². The van der Waals surface area contributed by atoms with Gasteiger partial charge in [0.1, 0.15) is 5.15 Å². The van der Waals surface area contributed by atoms with Crippen molar-refractivity contribution in [1.82, 2.24) is 4.98 Å². The number of hydrogen-bond acceptors (Lipinski definition) is 4. The van der Waals surface area contributed by atoms with Crippen molar-refractivity contribution in [2.45, 2.75) is 6.92 Å². The third kappa shape index (κ3) is 3.68. The number of nitrogens with zero attached hydrogens (tertiary/aromatic N) is 2. The molecule has 6 nitrogen and oxygen atoms in total. The molecule has 0 atom stereocenters. The normalized spacial score (nSPS) is 10.2. The number of aryl methyl sites for hydroxylation is 1. The fourth-order valence-electron chi connectivity index (χ4n) is 1.67. The fourth-order valence-corrected chi connectivity index (χ4v) is 2.15. The van der Waals surface area contributed by atoms with Crippen molar-refractivity contribution in [2.24, 2.45) is 0 Å². The van der Waals surface area contributed by atoms with Gasteiger partial charge < -0.3 is 5.32 Å². The van der Waals surface area contributed by atoms with Gasteiger partial charge in [-0.1, -0.05) is 23.2 Å². The van der Waals surface area contributed by atoms with Gasteiger partial charge in [0.05, 0.1) is 15.6 Å². The number of hydrogen-bond donors (Lipinski definition) is 1. The summed E-state index contributed by atoms with van der Waals surface area (Å²) in [6.45, 7) is 1.71. The highest BCUT2D eigenvalue weighted by Gasteiger charge is 2.13. The molecule has 0 aliphatic carbocycles. The first-order valence-electron chi connectivity index (χ1n) is 5.76. The quantitative estimate of drug-likeness (QED) is 0.527. The first-order chi connectivity index (χ1) is 9.86. The van der Waals surface area contributed by atoms with Crippen LogP contribution >= 0.6 is 23.2 Å². The molecule has 0 aliphatic rings. The molecule has 108 valence electrons. The Morgan fingerprint density at radius 2 is 2.00 bits per heavy atom. The van der Waals surface area contributed by atoms with Crippen molar-refractivity contribution in [3.63, 3.8) is 0 Å². The van der Waals surface area contributed by atoms with Crippen LogP contribution in [0.4, 0.5) is 11.4 Å². The number of aromatic nitrogens is 1. The number of rotatable bonds is 3. The van der Waals surface area contributed by atoms with Gasteiger partial charge in [0.2, 0.25) is 0 Å². The number of anilines is 1. The van der Waals surface area contributed by atoms with Crippen molar-refractivity contribution in [1.29, 1.82) is 0 Å². The highest BCUT2D eigenvalue weighted by Crippen LogP contribution is 2.27. The second-order valence-corrected chi connectivity index (χ2v) is 4.99. The molecule has 0 aliphatic heterocycles. The summed E-state index contributed by atoms with van der Waals surface area (Å²) in [6.07, 6.45) is 0. The van der Waals surface area contributed by atoms with E-state index in [1.54, 1.807) is 13.0 Å². The average Bonchev–Trinajstić information content (AvgIpc) is 2.39. The second-order valence-electron chi connectivity index (χ2n) is 4.20. The lowest BCUT2D eigenvalue weighted by molar-refractivity contribution is -0.384. The molecule has 0 unspecified atom stereocenters. The van der Waals surface area contributed by atoms with E-state index in [-0.39, 0.29) is 21.6 Å². The Labute approximate surface area is 129 Å². The number of halogens is 2. The monoisotopic (exact) mass is 325 g/mol. The zero-order valence-corrected chi connectivity index (χ0v) is 12.3. The van der Waals surface area contributed by atoms with E-state index >= 15 is 0 Å². The first-order valence-corrected chi connectivity index (χ1v) is 6.52. The number of carbonyl (C=O) groups is 1. The van der Waals surface area contributed by atoms with Crippen LogP contribution in [0.1, 0.15) is 16.1 Å². The van der Waals surface area contributed by atoms with Gasteiger partial charge in [-0.2, -0.15) is 0 Å². The van der Waals surface area contributed by atoms with E-state index in [0.717, 1.165) is 0 Å². The molecule has 2 rings (SSSR count). The minimum absolute atomic E-state index is 0.0782. The Bertz CT molecular complexity index is 714. The maximum Gasteiger partial charge on any atom is 0.271 e. The predicted molar refractivity (Wildman–Crippen MR) is 80.0 cm³/mol. The summed E-state index contributed by atoms with van der Waals surface area (Å²) in [6, 6.07) is 6.78. The van der Waals surface area contributed by atoms with E-state index in [9.17, 15) is 14.9 Å². The molecule has 1 aromatic heterocycles. The number of non-ortho nitro benzene ring substituents is 1. The molecule has 2 aromatic rings. The van der Waals surface area contributed by atoms with Crippen LogP contribution in [0.2, 0.25) is 10.2 Å². The lowest BCUT2D eigenvalue weighted by Gasteiger charge is -2.08. The molecular formula is C13H9Cl2N3O3. The largest absolute Gasteiger partial charge is 0.321 e. The number of carbonyl (C=O) groups excluding carboxylic acids is 1. The Morgan fingerprint density at radius 1 is 1.29 bits per heavy atom. The van der Waals surface area contributed by atoms with E-state index in [2.05, 4.69) is 10.3 Å². The zero-order chi connectivity index (χ0) is 15.6. The Morgan fingerprint density at radius 3 is 2.57 bits per heavy atom. The van der Waals surface area contributed by atoms with E-state index in [0.29, 0.717) is 11.3 Å². The molecule has 0 radical (unpaired) electrons. The van der Waals surface area contributed by atoms with E-state index < -0.39 is 10.8 Å². The molecule has 1 heterocycles. The maximum absolute atomic E-state index is 12.1. The minimum Gasteiger partial charge on any atom is -0.321 e. The van der Waals surface area contributed by atoms with Crippen LogP contribution in [-0.4, -0.2) is 15.8 Å². The SMILES string of the molecule is Cc1cc(C(=O)Nc2ccc([N+](=O)[O-])cc2Cl)cc(Cl)n1. The van der Waals surface area contributed by atoms with Crippen LogP contribution in [-0.2, 0) is 0 Å². The van der Waals surface area contributed by atoms with Gasteiger partial charge in [-0.3, -0.25) is 14.9 Å². The van der Waals surface area contributed by atoms with Crippen LogP contribution in [0, 0.1) is 17.0 Å². The number of amides is 1. The summed E-state index contributed by atoms with van der Waals surface area (Å²) in [4.78, 5) is 26.1. The van der Waals surface area contributed by atoms with Crippen LogP contribution in [0.5, 0.6) is 0 Å². The van der Waals surface area contributed by atoms with Gasteiger partial charge in [0, 0.05) is 23.4 Å². The molecule has 1 N–H and O–H groups in total. The first kappa shape index (κ1) is 15.2. The highest BCUT2D eigenvalue weighted by molar-refractivity contribution is 6.34. The fraction of sp³-hybridized carbons (Fsp3) is 0.0769. The number of pyridine rings is 1. The van der Waals surface area contributed by atoms with E-state index in [4.69, 9.17) is 23.2 Å². The summed E-state index contributed by atoms with van der Waals surface area (Å²) in [5, 5.41) is 13.5. The van der Waals surface area contributed by atoms with Gasteiger partial charge >= 0.3 is 0 Å². The summed E-state index contributed by atoms with van der Waals surface area (Å²) < 4.78 is 0. The molecule has 0 fully saturated rings. The number of nitro groups is 1. The van der Waals surface area contributed by atoms with Gasteiger partial charge in [0.25, 0.3) is 11.6 Å². The topological polar surface area (TPSA) is 85.1 Å². The lowest BCUT2D eigenvalue weighted by Crippen LogP contribution is -2.13. The predicted octanol–water partition coefficient (Wildman–Crippen LogP) is 3.86. The zero-order valence-electron chi connectivity index (χ0n) is 10.8. The molecule has 0 bridgehead atoms. The van der Waals surface area contributed by atoms with Crippen LogP contribution in [0.3, 0.4) is 0 Å². The smallest absolute Gasteiger partial charge is 0.271 e. The van der Waals surface area contributed by atoms with Crippen molar-refractivity contribution in [3.05, 3.63) is 61.9 Å². The van der Waals surface area contributed by atoms with Gasteiger partial charge in [-0.25, -0.2) is 4.98 Å². The molecular weight excluding hydrogens is 317 g/mol. The van der Waals surface area contributed by atoms with Crippen LogP contribution < -0.4 is 5.32 Å². The number of nitrogens with one attached hydrogen (secondary N) is 1. The third-order valence-electron chi connectivity index (χ3n) is 2.60. The standard InChI is InChI=1S/C13H9Cl2N3O3/c1-7-4-8(5-12(15)16-7)13(19)17-11-3-2-9(18(20)21)6-10(11)14/h2-6H,1H3,(H,17,19). The molecule has 1 aromatic carbocycles. The summed E-state index contributed by atoms with van der Waals surface area (Å²) in [5.41, 5.74) is 1.04. The van der Waals surface area contributed by atoms with Crippen molar-refractivity contribution in [3.8, 4) is 0 Å². The van der Waals surface area contributed by atoms with Gasteiger partial charge in [-0.05, 0) is 25.1 Å². The summed E-state index contributed by atoms with van der Waals surface area (Å²) >= 11 is 11.7. The van der Waals surface area contributed by atoms with Crippen molar-refractivity contribution >= 4 is 40.5 Å². The Hall–Kier alpha value is -2.18. The number of benzene rings is 1. The highest BCUT2D eigenvalue weighted by atomic mass is 35.5. The van der Waals surface area contributed by atoms with Gasteiger partial charge in [0.15, 0.2) is 0 Å². The molecule has 0 saturated heterocycles. The third-order valence-corrected chi connectivity index (χ3v) is 3.10. The van der Waals surface area contributed by atoms with Crippen LogP contribution in [0.25, 0.3) is 0 Å². The van der Waals surface area contributed by atoms with Crippen molar-refractivity contribution in [2.75, 3.05) is 5.32 Å². The molecule has 8 heteroatoms. The molecule has 0 spiro atoms. The van der Waals surface area contributed by atoms with Gasteiger partial charge in [-0.15, -0.1) is 0 Å². The molecule has 1 amide bonds. The average molecular weight is 326 g/mol. The summed E-state index contributed by atoms with van der Waals surface area (Å²) in [7, 11) is 0.